The van der Waals surface area contributed by atoms with Gasteiger partial charge in [0.15, 0.2) is 0 Å². The average molecular weight is 188 g/mol. The summed E-state index contributed by atoms with van der Waals surface area (Å²) in [5, 5.41) is 1.03. The van der Waals surface area contributed by atoms with Gasteiger partial charge in [-0.15, -0.1) is 0 Å². The summed E-state index contributed by atoms with van der Waals surface area (Å²) in [5.41, 5.74) is 0. The van der Waals surface area contributed by atoms with E-state index in [1.807, 2.05) is 0 Å². The van der Waals surface area contributed by atoms with E-state index >= 15 is 0 Å². The first-order valence-electron chi connectivity index (χ1n) is 3.08. The van der Waals surface area contributed by atoms with Gasteiger partial charge >= 0.3 is 0 Å². The molecule has 0 saturated heterocycles. The lowest BCUT2D eigenvalue weighted by atomic mass is 10.3. The molecule has 50 valence electrons. The second kappa shape index (κ2) is 3.72. The third kappa shape index (κ3) is 2.22. The highest BCUT2D eigenvalue weighted by molar-refractivity contribution is 9.09. The van der Waals surface area contributed by atoms with Crippen molar-refractivity contribution in [3.63, 3.8) is 0 Å². The Morgan fingerprint density at radius 3 is 2.56 bits per heavy atom. The molecule has 1 nitrogen and oxygen atoms in total. The van der Waals surface area contributed by atoms with Crippen molar-refractivity contribution in [3.8, 4) is 0 Å². The van der Waals surface area contributed by atoms with Crippen molar-refractivity contribution in [2.45, 2.75) is 6.42 Å². The molecular weight excluding hydrogens is 178 g/mol. The average Bonchev–Trinajstić information content (AvgIpc) is 1.91. The van der Waals surface area contributed by atoms with Gasteiger partial charge in [-0.1, -0.05) is 28.1 Å². The number of allylic oxidation sites excluding steroid dienone is 2. The predicted octanol–water partition coefficient (Wildman–Crippen LogP) is 2.11. The lowest BCUT2D eigenvalue weighted by Gasteiger charge is -2.15. The summed E-state index contributed by atoms with van der Waals surface area (Å²) in [6, 6.07) is 0. The lowest BCUT2D eigenvalue weighted by molar-refractivity contribution is 0.533. The van der Waals surface area contributed by atoms with Crippen LogP contribution in [0, 0.1) is 0 Å². The van der Waals surface area contributed by atoms with Crippen LogP contribution in [0.5, 0.6) is 0 Å². The molecule has 0 saturated carbocycles. The molecule has 0 aromatic carbocycles. The molecule has 0 fully saturated rings. The maximum absolute atomic E-state index is 3.38. The van der Waals surface area contributed by atoms with Gasteiger partial charge in [0.2, 0.25) is 0 Å². The first kappa shape index (κ1) is 6.87. The fourth-order valence-electron chi connectivity index (χ4n) is 0.767. The molecule has 9 heavy (non-hydrogen) atoms. The number of halogens is 1. The SMILES string of the molecule is BrCCN1C=CCC=C1. The highest BCUT2D eigenvalue weighted by Crippen LogP contribution is 2.01. The molecule has 2 heteroatoms. The van der Waals surface area contributed by atoms with Crippen LogP contribution in [0.1, 0.15) is 6.42 Å². The zero-order chi connectivity index (χ0) is 6.53. The first-order chi connectivity index (χ1) is 4.43. The van der Waals surface area contributed by atoms with Gasteiger partial charge in [-0.05, 0) is 18.8 Å². The summed E-state index contributed by atoms with van der Waals surface area (Å²) in [5.74, 6) is 0. The second-order valence-corrected chi connectivity index (χ2v) is 2.73. The Morgan fingerprint density at radius 1 is 1.33 bits per heavy atom. The summed E-state index contributed by atoms with van der Waals surface area (Å²) in [6.45, 7) is 1.06. The monoisotopic (exact) mass is 187 g/mol. The van der Waals surface area contributed by atoms with E-state index in [0.29, 0.717) is 0 Å². The molecule has 0 amide bonds. The fourth-order valence-corrected chi connectivity index (χ4v) is 1.18. The molecule has 1 heterocycles. The van der Waals surface area contributed by atoms with E-state index in [0.717, 1.165) is 18.3 Å². The fraction of sp³-hybridized carbons (Fsp3) is 0.429. The van der Waals surface area contributed by atoms with Crippen molar-refractivity contribution in [2.24, 2.45) is 0 Å². The van der Waals surface area contributed by atoms with Crippen LogP contribution >= 0.6 is 15.9 Å². The van der Waals surface area contributed by atoms with Gasteiger partial charge in [0.25, 0.3) is 0 Å². The van der Waals surface area contributed by atoms with E-state index in [1.165, 1.54) is 0 Å². The molecule has 0 aliphatic carbocycles. The van der Waals surface area contributed by atoms with Gasteiger partial charge in [0.05, 0.1) is 0 Å². The molecule has 1 aliphatic heterocycles. The highest BCUT2D eigenvalue weighted by Gasteiger charge is 1.93. The summed E-state index contributed by atoms with van der Waals surface area (Å²) in [4.78, 5) is 2.16. The van der Waals surface area contributed by atoms with Crippen LogP contribution in [0.25, 0.3) is 0 Å². The highest BCUT2D eigenvalue weighted by atomic mass is 79.9. The van der Waals surface area contributed by atoms with Crippen molar-refractivity contribution in [1.29, 1.82) is 0 Å². The molecular formula is C7H10BrN. The number of nitrogens with zero attached hydrogens (tertiary/aromatic N) is 1. The third-order valence-corrected chi connectivity index (χ3v) is 1.56. The van der Waals surface area contributed by atoms with Gasteiger partial charge in [0.1, 0.15) is 0 Å². The smallest absolute Gasteiger partial charge is 0.0316 e. The van der Waals surface area contributed by atoms with Gasteiger partial charge in [-0.25, -0.2) is 0 Å². The Bertz CT molecular complexity index is 117. The molecule has 0 N–H and O–H groups in total. The number of hydrogen-bond acceptors (Lipinski definition) is 1. The van der Waals surface area contributed by atoms with Crippen LogP contribution < -0.4 is 0 Å². The molecule has 1 rings (SSSR count). The first-order valence-corrected chi connectivity index (χ1v) is 4.20. The minimum atomic E-state index is 1.03. The summed E-state index contributed by atoms with van der Waals surface area (Å²) < 4.78 is 0. The molecule has 0 bridgehead atoms. The van der Waals surface area contributed by atoms with Crippen molar-refractivity contribution >= 4 is 15.9 Å². The Hall–Kier alpha value is -0.240. The minimum absolute atomic E-state index is 1.03. The van der Waals surface area contributed by atoms with Crippen LogP contribution in [-0.2, 0) is 0 Å². The molecule has 0 unspecified atom stereocenters. The maximum atomic E-state index is 3.38. The van der Waals surface area contributed by atoms with Crippen LogP contribution in [0.3, 0.4) is 0 Å². The van der Waals surface area contributed by atoms with Crippen molar-refractivity contribution in [3.05, 3.63) is 24.6 Å². The van der Waals surface area contributed by atoms with Crippen molar-refractivity contribution in [1.82, 2.24) is 4.90 Å². The Morgan fingerprint density at radius 2 is 2.00 bits per heavy atom. The summed E-state index contributed by atoms with van der Waals surface area (Å²) in [6.07, 6.45) is 9.62. The van der Waals surface area contributed by atoms with Gasteiger partial charge in [-0.2, -0.15) is 0 Å². The normalized spacial score (nSPS) is 16.8. The van der Waals surface area contributed by atoms with E-state index in [1.54, 1.807) is 0 Å². The third-order valence-electron chi connectivity index (χ3n) is 1.21. The number of hydrogen-bond donors (Lipinski definition) is 0. The Kier molecular flexibility index (Phi) is 2.84. The maximum Gasteiger partial charge on any atom is 0.0316 e. The summed E-state index contributed by atoms with van der Waals surface area (Å²) >= 11 is 3.38. The molecule has 0 aromatic rings. The van der Waals surface area contributed by atoms with E-state index < -0.39 is 0 Å². The van der Waals surface area contributed by atoms with Gasteiger partial charge in [-0.3, -0.25) is 0 Å². The molecule has 0 aromatic heterocycles. The second-order valence-electron chi connectivity index (χ2n) is 1.93. The van der Waals surface area contributed by atoms with E-state index in [2.05, 4.69) is 45.4 Å². The van der Waals surface area contributed by atoms with Crippen LogP contribution in [0.2, 0.25) is 0 Å². The molecule has 1 aliphatic rings. The quantitative estimate of drug-likeness (QED) is 0.600. The van der Waals surface area contributed by atoms with Crippen molar-refractivity contribution < 1.29 is 0 Å². The molecule has 0 atom stereocenters. The van der Waals surface area contributed by atoms with Gasteiger partial charge in [0, 0.05) is 11.9 Å². The standard InChI is InChI=1S/C7H10BrN/c8-4-7-9-5-2-1-3-6-9/h2-3,5-6H,1,4,7H2. The predicted molar refractivity (Wildman–Crippen MR) is 43.4 cm³/mol. The minimum Gasteiger partial charge on any atom is -0.354 e. The number of alkyl halides is 1. The van der Waals surface area contributed by atoms with Crippen LogP contribution in [0.15, 0.2) is 24.6 Å². The Balaban J connectivity index is 2.31. The van der Waals surface area contributed by atoms with Gasteiger partial charge < -0.3 is 4.90 Å². The summed E-state index contributed by atoms with van der Waals surface area (Å²) in [7, 11) is 0. The molecule has 0 spiro atoms. The largest absolute Gasteiger partial charge is 0.354 e. The lowest BCUT2D eigenvalue weighted by Crippen LogP contribution is -2.13. The van der Waals surface area contributed by atoms with E-state index in [-0.39, 0.29) is 0 Å². The molecule has 0 radical (unpaired) electrons. The van der Waals surface area contributed by atoms with Crippen LogP contribution in [0.4, 0.5) is 0 Å². The van der Waals surface area contributed by atoms with Crippen LogP contribution in [-0.4, -0.2) is 16.8 Å². The van der Waals surface area contributed by atoms with E-state index in [4.69, 9.17) is 0 Å². The van der Waals surface area contributed by atoms with Crippen molar-refractivity contribution in [2.75, 3.05) is 11.9 Å². The number of rotatable bonds is 2. The van der Waals surface area contributed by atoms with E-state index in [9.17, 15) is 0 Å². The zero-order valence-electron chi connectivity index (χ0n) is 5.26. The Labute approximate surface area is 64.2 Å². The topological polar surface area (TPSA) is 3.24 Å². The zero-order valence-corrected chi connectivity index (χ0v) is 6.84.